The van der Waals surface area contributed by atoms with Crippen LogP contribution in [0.2, 0.25) is 0 Å². The van der Waals surface area contributed by atoms with Gasteiger partial charge in [0.05, 0.1) is 6.61 Å². The Morgan fingerprint density at radius 3 is 2.89 bits per heavy atom. The molecule has 1 aliphatic rings. The molecule has 2 heterocycles. The molecule has 0 spiro atoms. The first-order valence-corrected chi connectivity index (χ1v) is 5.39. The van der Waals surface area contributed by atoms with Gasteiger partial charge < -0.3 is 25.4 Å². The van der Waals surface area contributed by atoms with Crippen LogP contribution in [0.5, 0.6) is 0 Å². The fraction of sp³-hybridized carbons (Fsp3) is 0.600. The van der Waals surface area contributed by atoms with Crippen LogP contribution in [-0.2, 0) is 9.47 Å². The lowest BCUT2D eigenvalue weighted by Crippen LogP contribution is -2.36. The Morgan fingerprint density at radius 2 is 2.28 bits per heavy atom. The van der Waals surface area contributed by atoms with Gasteiger partial charge in [0, 0.05) is 13.3 Å². The van der Waals surface area contributed by atoms with E-state index < -0.39 is 30.2 Å². The van der Waals surface area contributed by atoms with Crippen LogP contribution < -0.4 is 11.4 Å². The Balaban J connectivity index is 2.26. The SMILES string of the molecule is COCC1OC(n2ccc(N)nc2=O)C(O)[C@H]1O. The van der Waals surface area contributed by atoms with Gasteiger partial charge in [0.15, 0.2) is 6.23 Å². The molecule has 0 saturated carbocycles. The molecule has 1 fully saturated rings. The third kappa shape index (κ3) is 2.23. The molecule has 0 bridgehead atoms. The first kappa shape index (κ1) is 13.0. The average molecular weight is 257 g/mol. The second-order valence-electron chi connectivity index (χ2n) is 4.04. The van der Waals surface area contributed by atoms with Gasteiger partial charge in [-0.3, -0.25) is 4.57 Å². The summed E-state index contributed by atoms with van der Waals surface area (Å²) in [5.74, 6) is 0.0812. The number of nitrogens with two attached hydrogens (primary N) is 1. The lowest BCUT2D eigenvalue weighted by atomic mass is 10.1. The normalized spacial score (nSPS) is 31.7. The summed E-state index contributed by atoms with van der Waals surface area (Å²) >= 11 is 0. The molecule has 8 nitrogen and oxygen atoms in total. The van der Waals surface area contributed by atoms with Gasteiger partial charge in [0.25, 0.3) is 0 Å². The highest BCUT2D eigenvalue weighted by Gasteiger charge is 2.44. The van der Waals surface area contributed by atoms with E-state index in [2.05, 4.69) is 4.98 Å². The standard InChI is InChI=1S/C10H15N3O5/c1-17-4-5-7(14)8(15)9(18-5)13-3-2-6(11)12-10(13)16/h2-3,5,7-9,14-15H,4H2,1H3,(H2,11,12,16)/t5?,7-,8?,9?/m0/s1. The number of nitrogen functional groups attached to an aromatic ring is 1. The van der Waals surface area contributed by atoms with Crippen molar-refractivity contribution < 1.29 is 19.7 Å². The largest absolute Gasteiger partial charge is 0.387 e. The zero-order valence-corrected chi connectivity index (χ0v) is 9.76. The van der Waals surface area contributed by atoms with Gasteiger partial charge in [-0.05, 0) is 6.07 Å². The van der Waals surface area contributed by atoms with Gasteiger partial charge in [-0.25, -0.2) is 4.79 Å². The highest BCUT2D eigenvalue weighted by molar-refractivity contribution is 5.23. The van der Waals surface area contributed by atoms with E-state index in [-0.39, 0.29) is 12.4 Å². The van der Waals surface area contributed by atoms with Crippen molar-refractivity contribution in [2.45, 2.75) is 24.5 Å². The summed E-state index contributed by atoms with van der Waals surface area (Å²) in [4.78, 5) is 15.1. The van der Waals surface area contributed by atoms with E-state index in [0.717, 1.165) is 4.57 Å². The number of methoxy groups -OCH3 is 1. The molecule has 0 aromatic carbocycles. The van der Waals surface area contributed by atoms with Crippen molar-refractivity contribution in [1.82, 2.24) is 9.55 Å². The Labute approximate surface area is 103 Å². The number of aliphatic hydroxyl groups is 2. The number of hydrogen-bond donors (Lipinski definition) is 3. The number of aliphatic hydroxyl groups excluding tert-OH is 2. The van der Waals surface area contributed by atoms with Gasteiger partial charge >= 0.3 is 5.69 Å². The van der Waals surface area contributed by atoms with Crippen molar-refractivity contribution in [1.29, 1.82) is 0 Å². The van der Waals surface area contributed by atoms with E-state index in [4.69, 9.17) is 15.2 Å². The van der Waals surface area contributed by atoms with Crippen molar-refractivity contribution >= 4 is 5.82 Å². The number of nitrogens with zero attached hydrogens (tertiary/aromatic N) is 2. The quantitative estimate of drug-likeness (QED) is 0.578. The summed E-state index contributed by atoms with van der Waals surface area (Å²) < 4.78 is 11.3. The maximum atomic E-state index is 11.6. The van der Waals surface area contributed by atoms with Crippen molar-refractivity contribution in [3.05, 3.63) is 22.7 Å². The molecule has 0 aliphatic carbocycles. The summed E-state index contributed by atoms with van der Waals surface area (Å²) in [6.45, 7) is 0.117. The van der Waals surface area contributed by atoms with Crippen molar-refractivity contribution in [2.24, 2.45) is 0 Å². The molecular weight excluding hydrogens is 242 g/mol. The van der Waals surface area contributed by atoms with Gasteiger partial charge in [0.1, 0.15) is 24.1 Å². The summed E-state index contributed by atoms with van der Waals surface area (Å²) in [7, 11) is 1.45. The molecule has 1 saturated heterocycles. The lowest BCUT2D eigenvalue weighted by molar-refractivity contribution is -0.0613. The van der Waals surface area contributed by atoms with Gasteiger partial charge in [-0.2, -0.15) is 4.98 Å². The number of aromatic nitrogens is 2. The van der Waals surface area contributed by atoms with E-state index in [1.54, 1.807) is 0 Å². The van der Waals surface area contributed by atoms with Crippen molar-refractivity contribution in [3.63, 3.8) is 0 Å². The average Bonchev–Trinajstić information content (AvgIpc) is 2.58. The van der Waals surface area contributed by atoms with Crippen LogP contribution in [0, 0.1) is 0 Å². The van der Waals surface area contributed by atoms with E-state index in [0.29, 0.717) is 0 Å². The fourth-order valence-corrected chi connectivity index (χ4v) is 1.88. The van der Waals surface area contributed by atoms with Crippen molar-refractivity contribution in [3.8, 4) is 0 Å². The summed E-state index contributed by atoms with van der Waals surface area (Å²) in [5.41, 5.74) is 4.72. The number of anilines is 1. The van der Waals surface area contributed by atoms with Crippen LogP contribution in [0.3, 0.4) is 0 Å². The molecule has 8 heteroatoms. The second-order valence-corrected chi connectivity index (χ2v) is 4.04. The molecular formula is C10H15N3O5. The lowest BCUT2D eigenvalue weighted by Gasteiger charge is -2.16. The first-order chi connectivity index (χ1) is 8.54. The summed E-state index contributed by atoms with van der Waals surface area (Å²) in [6.07, 6.45) is -2.69. The van der Waals surface area contributed by atoms with Crippen molar-refractivity contribution in [2.75, 3.05) is 19.5 Å². The van der Waals surface area contributed by atoms with E-state index in [9.17, 15) is 15.0 Å². The smallest absolute Gasteiger partial charge is 0.351 e. The minimum Gasteiger partial charge on any atom is -0.387 e. The number of rotatable bonds is 3. The predicted molar refractivity (Wildman–Crippen MR) is 60.7 cm³/mol. The van der Waals surface area contributed by atoms with Crippen LogP contribution in [0.1, 0.15) is 6.23 Å². The van der Waals surface area contributed by atoms with Gasteiger partial charge in [-0.15, -0.1) is 0 Å². The molecule has 0 amide bonds. The minimum absolute atomic E-state index is 0.0812. The molecule has 1 aromatic heterocycles. The van der Waals surface area contributed by atoms with Crippen LogP contribution >= 0.6 is 0 Å². The Kier molecular flexibility index (Phi) is 3.62. The molecule has 1 aliphatic heterocycles. The highest BCUT2D eigenvalue weighted by Crippen LogP contribution is 2.28. The van der Waals surface area contributed by atoms with Crippen LogP contribution in [0.25, 0.3) is 0 Å². The predicted octanol–water partition coefficient (Wildman–Crippen LogP) is -1.91. The van der Waals surface area contributed by atoms with Gasteiger partial charge in [-0.1, -0.05) is 0 Å². The summed E-state index contributed by atoms with van der Waals surface area (Å²) in [5, 5.41) is 19.6. The third-order valence-corrected chi connectivity index (χ3v) is 2.79. The minimum atomic E-state index is -1.23. The Hall–Kier alpha value is -1.48. The fourth-order valence-electron chi connectivity index (χ4n) is 1.88. The van der Waals surface area contributed by atoms with E-state index in [1.807, 2.05) is 0 Å². The Bertz CT molecular complexity index is 477. The zero-order chi connectivity index (χ0) is 13.3. The molecule has 3 unspecified atom stereocenters. The molecule has 1 aromatic rings. The van der Waals surface area contributed by atoms with Crippen LogP contribution in [0.15, 0.2) is 17.1 Å². The topological polar surface area (TPSA) is 120 Å². The van der Waals surface area contributed by atoms with E-state index in [1.165, 1.54) is 19.4 Å². The molecule has 2 rings (SSSR count). The van der Waals surface area contributed by atoms with Gasteiger partial charge in [0.2, 0.25) is 0 Å². The molecule has 100 valence electrons. The monoisotopic (exact) mass is 257 g/mol. The van der Waals surface area contributed by atoms with Crippen LogP contribution in [0.4, 0.5) is 5.82 Å². The van der Waals surface area contributed by atoms with E-state index >= 15 is 0 Å². The maximum absolute atomic E-state index is 11.6. The molecule has 4 atom stereocenters. The Morgan fingerprint density at radius 1 is 1.56 bits per heavy atom. The number of ether oxygens (including phenoxy) is 2. The maximum Gasteiger partial charge on any atom is 0.351 e. The molecule has 18 heavy (non-hydrogen) atoms. The molecule has 4 N–H and O–H groups in total. The third-order valence-electron chi connectivity index (χ3n) is 2.79. The molecule has 0 radical (unpaired) electrons. The zero-order valence-electron chi connectivity index (χ0n) is 9.76. The highest BCUT2D eigenvalue weighted by atomic mass is 16.6. The number of hydrogen-bond acceptors (Lipinski definition) is 7. The summed E-state index contributed by atoms with van der Waals surface area (Å²) in [6, 6.07) is 1.41. The van der Waals surface area contributed by atoms with Crippen LogP contribution in [-0.4, -0.2) is 51.8 Å². The first-order valence-electron chi connectivity index (χ1n) is 5.39. The second kappa shape index (κ2) is 5.02.